The number of halogens is 1. The molecule has 2 rings (SSSR count). The molecule has 0 atom stereocenters. The summed E-state index contributed by atoms with van der Waals surface area (Å²) in [6, 6.07) is 1.71. The molecule has 7 heteroatoms. The lowest BCUT2D eigenvalue weighted by molar-refractivity contribution is 0.285. The molecule has 0 aliphatic heterocycles. The Morgan fingerprint density at radius 2 is 2.05 bits per heavy atom. The van der Waals surface area contributed by atoms with Crippen molar-refractivity contribution in [2.24, 2.45) is 0 Å². The van der Waals surface area contributed by atoms with Crippen LogP contribution in [-0.2, 0) is 16.6 Å². The summed E-state index contributed by atoms with van der Waals surface area (Å²) >= 11 is 3.24. The first-order chi connectivity index (χ1) is 9.96. The van der Waals surface area contributed by atoms with Crippen molar-refractivity contribution in [1.29, 1.82) is 0 Å². The van der Waals surface area contributed by atoms with E-state index in [0.29, 0.717) is 12.3 Å². The second-order valence-electron chi connectivity index (χ2n) is 5.44. The van der Waals surface area contributed by atoms with E-state index in [2.05, 4.69) is 21.2 Å². The first kappa shape index (κ1) is 17.0. The van der Waals surface area contributed by atoms with Crippen LogP contribution in [0.4, 0.5) is 0 Å². The molecule has 1 aliphatic carbocycles. The van der Waals surface area contributed by atoms with Crippen molar-refractivity contribution in [3.63, 3.8) is 0 Å². The molecule has 1 saturated carbocycles. The lowest BCUT2D eigenvalue weighted by atomic mass is 9.96. The smallest absolute Gasteiger partial charge is 0.247 e. The zero-order valence-electron chi connectivity index (χ0n) is 12.6. The highest BCUT2D eigenvalue weighted by Crippen LogP contribution is 2.32. The summed E-state index contributed by atoms with van der Waals surface area (Å²) in [4.78, 5) is 0.225. The molecule has 0 radical (unpaired) electrons. The molecule has 0 aromatic carbocycles. The summed E-state index contributed by atoms with van der Waals surface area (Å²) in [5, 5.41) is 3.13. The highest BCUT2D eigenvalue weighted by Gasteiger charge is 2.32. The molecule has 1 aliphatic rings. The normalized spacial score (nSPS) is 17.5. The van der Waals surface area contributed by atoms with Crippen LogP contribution in [0.3, 0.4) is 0 Å². The van der Waals surface area contributed by atoms with E-state index in [1.54, 1.807) is 13.1 Å². The van der Waals surface area contributed by atoms with Crippen LogP contribution in [0, 0.1) is 0 Å². The van der Waals surface area contributed by atoms with Crippen LogP contribution in [0.2, 0.25) is 0 Å². The Balaban J connectivity index is 2.19. The van der Waals surface area contributed by atoms with Crippen molar-refractivity contribution in [3.8, 4) is 0 Å². The summed E-state index contributed by atoms with van der Waals surface area (Å²) in [5.74, 6) is 0.624. The van der Waals surface area contributed by atoms with Crippen molar-refractivity contribution in [3.05, 3.63) is 16.5 Å². The van der Waals surface area contributed by atoms with Gasteiger partial charge in [-0.2, -0.15) is 4.31 Å². The third-order valence-electron chi connectivity index (χ3n) is 4.00. The molecular weight excluding hydrogens is 356 g/mol. The molecule has 21 heavy (non-hydrogen) atoms. The van der Waals surface area contributed by atoms with Crippen LogP contribution in [0.15, 0.2) is 20.0 Å². The molecule has 0 spiro atoms. The highest BCUT2D eigenvalue weighted by molar-refractivity contribution is 9.10. The molecule has 0 amide bonds. The van der Waals surface area contributed by atoms with Gasteiger partial charge in [-0.15, -0.1) is 0 Å². The van der Waals surface area contributed by atoms with Gasteiger partial charge < -0.3 is 9.73 Å². The predicted molar refractivity (Wildman–Crippen MR) is 85.6 cm³/mol. The number of nitrogens with one attached hydrogen (secondary N) is 1. The van der Waals surface area contributed by atoms with Gasteiger partial charge in [-0.25, -0.2) is 8.42 Å². The van der Waals surface area contributed by atoms with Crippen LogP contribution in [-0.4, -0.2) is 32.4 Å². The second-order valence-corrected chi connectivity index (χ2v) is 8.13. The largest absolute Gasteiger partial charge is 0.452 e. The summed E-state index contributed by atoms with van der Waals surface area (Å²) in [6.45, 7) is 3.33. The van der Waals surface area contributed by atoms with Gasteiger partial charge in [0.2, 0.25) is 10.0 Å². The Hall–Kier alpha value is -0.370. The van der Waals surface area contributed by atoms with Gasteiger partial charge in [0.1, 0.15) is 10.7 Å². The molecular formula is C14H23BrN2O3S. The Labute approximate surface area is 135 Å². The third-order valence-corrected chi connectivity index (χ3v) is 6.77. The predicted octanol–water partition coefficient (Wildman–Crippen LogP) is 3.10. The van der Waals surface area contributed by atoms with Gasteiger partial charge >= 0.3 is 0 Å². The summed E-state index contributed by atoms with van der Waals surface area (Å²) in [7, 11) is -1.83. The molecule has 5 nitrogen and oxygen atoms in total. The van der Waals surface area contributed by atoms with Crippen LogP contribution < -0.4 is 5.32 Å². The fraction of sp³-hybridized carbons (Fsp3) is 0.714. The number of rotatable bonds is 6. The first-order valence-electron chi connectivity index (χ1n) is 7.43. The van der Waals surface area contributed by atoms with Crippen molar-refractivity contribution < 1.29 is 12.8 Å². The minimum Gasteiger partial charge on any atom is -0.452 e. The van der Waals surface area contributed by atoms with E-state index in [0.717, 1.165) is 32.2 Å². The van der Waals surface area contributed by atoms with Crippen molar-refractivity contribution in [2.45, 2.75) is 56.5 Å². The summed E-state index contributed by atoms with van der Waals surface area (Å²) < 4.78 is 32.8. The Morgan fingerprint density at radius 1 is 1.38 bits per heavy atom. The molecule has 120 valence electrons. The van der Waals surface area contributed by atoms with E-state index in [-0.39, 0.29) is 15.6 Å². The zero-order valence-corrected chi connectivity index (χ0v) is 15.0. The molecule has 0 bridgehead atoms. The number of sulfonamides is 1. The quantitative estimate of drug-likeness (QED) is 0.825. The fourth-order valence-corrected chi connectivity index (χ4v) is 5.08. The van der Waals surface area contributed by atoms with Gasteiger partial charge in [0.15, 0.2) is 4.67 Å². The van der Waals surface area contributed by atoms with Gasteiger partial charge in [-0.3, -0.25) is 0 Å². The first-order valence-corrected chi connectivity index (χ1v) is 9.67. The SMILES string of the molecule is CCNCc1cc(S(=O)(=O)N(C)C2CCCCC2)c(Br)o1. The molecule has 1 aromatic rings. The van der Waals surface area contributed by atoms with Crippen molar-refractivity contribution >= 4 is 26.0 Å². The van der Waals surface area contributed by atoms with Crippen LogP contribution in [0.5, 0.6) is 0 Å². The van der Waals surface area contributed by atoms with Crippen LogP contribution >= 0.6 is 15.9 Å². The van der Waals surface area contributed by atoms with E-state index < -0.39 is 10.0 Å². The molecule has 1 heterocycles. The molecule has 1 N–H and O–H groups in total. The maximum Gasteiger partial charge on any atom is 0.247 e. The Morgan fingerprint density at radius 3 is 2.67 bits per heavy atom. The number of hydrogen-bond acceptors (Lipinski definition) is 4. The average molecular weight is 379 g/mol. The molecule has 1 fully saturated rings. The van der Waals surface area contributed by atoms with Crippen molar-refractivity contribution in [2.75, 3.05) is 13.6 Å². The average Bonchev–Trinajstić information content (AvgIpc) is 2.87. The fourth-order valence-electron chi connectivity index (χ4n) is 2.71. The van der Waals surface area contributed by atoms with E-state index in [9.17, 15) is 8.42 Å². The lowest BCUT2D eigenvalue weighted by Gasteiger charge is -2.30. The monoisotopic (exact) mass is 378 g/mol. The second kappa shape index (κ2) is 7.26. The highest BCUT2D eigenvalue weighted by atomic mass is 79.9. The summed E-state index contributed by atoms with van der Waals surface area (Å²) in [6.07, 6.45) is 5.28. The van der Waals surface area contributed by atoms with Crippen LogP contribution in [0.1, 0.15) is 44.8 Å². The van der Waals surface area contributed by atoms with Gasteiger partial charge in [-0.1, -0.05) is 26.2 Å². The zero-order chi connectivity index (χ0) is 15.5. The van der Waals surface area contributed by atoms with Gasteiger partial charge in [0.05, 0.1) is 6.54 Å². The minimum absolute atomic E-state index is 0.0998. The number of nitrogens with zero attached hydrogens (tertiary/aromatic N) is 1. The lowest BCUT2D eigenvalue weighted by Crippen LogP contribution is -2.38. The van der Waals surface area contributed by atoms with Gasteiger partial charge in [0.25, 0.3) is 0 Å². The Bertz CT molecular complexity index is 565. The number of hydrogen-bond donors (Lipinski definition) is 1. The minimum atomic E-state index is -3.51. The van der Waals surface area contributed by atoms with E-state index in [1.807, 2.05) is 6.92 Å². The summed E-state index contributed by atoms with van der Waals surface area (Å²) in [5.41, 5.74) is 0. The van der Waals surface area contributed by atoms with Crippen molar-refractivity contribution in [1.82, 2.24) is 9.62 Å². The van der Waals surface area contributed by atoms with Gasteiger partial charge in [-0.05, 0) is 35.3 Å². The van der Waals surface area contributed by atoms with E-state index in [1.165, 1.54) is 10.7 Å². The van der Waals surface area contributed by atoms with Crippen LogP contribution in [0.25, 0.3) is 0 Å². The van der Waals surface area contributed by atoms with E-state index >= 15 is 0 Å². The molecule has 0 unspecified atom stereocenters. The number of furan rings is 1. The van der Waals surface area contributed by atoms with E-state index in [4.69, 9.17) is 4.42 Å². The van der Waals surface area contributed by atoms with Gasteiger partial charge in [0, 0.05) is 19.2 Å². The standard InChI is InChI=1S/C14H23BrN2O3S/c1-3-16-10-12-9-13(14(15)20-12)21(18,19)17(2)11-7-5-4-6-8-11/h9,11,16H,3-8,10H2,1-2H3. The Kier molecular flexibility index (Phi) is 5.88. The third kappa shape index (κ3) is 3.88. The topological polar surface area (TPSA) is 62.6 Å². The molecule has 0 saturated heterocycles. The molecule has 1 aromatic heterocycles. The maximum absolute atomic E-state index is 12.8. The maximum atomic E-state index is 12.8.